The van der Waals surface area contributed by atoms with Crippen molar-refractivity contribution in [1.82, 2.24) is 0 Å². The maximum atomic E-state index is 13.2. The van der Waals surface area contributed by atoms with Crippen molar-refractivity contribution in [2.24, 2.45) is 0 Å². The molecule has 0 aromatic rings. The van der Waals surface area contributed by atoms with E-state index in [1.54, 1.807) is 0 Å². The van der Waals surface area contributed by atoms with E-state index in [0.29, 0.717) is 13.0 Å². The molecule has 0 radical (unpaired) electrons. The number of carbonyl (C=O) groups excluding carboxylic acids is 1. The first kappa shape index (κ1) is 24.0. The second-order valence-electron chi connectivity index (χ2n) is 8.30. The first-order valence-corrected chi connectivity index (χ1v) is 13.3. The number of hydrogen-bond donors (Lipinski definition) is 0. The summed E-state index contributed by atoms with van der Waals surface area (Å²) in [6, 6.07) is 0. The number of carbonyl (C=O) groups is 1. The molecular weight excluding hydrogens is 343 g/mol. The van der Waals surface area contributed by atoms with Crippen LogP contribution in [0.1, 0.15) is 61.3 Å². The lowest BCUT2D eigenvalue weighted by Crippen LogP contribution is -2.41. The molecule has 0 aromatic carbocycles. The molecular formula is C17H37O5PSi. The summed E-state index contributed by atoms with van der Waals surface area (Å²) >= 11 is 0. The zero-order valence-corrected chi connectivity index (χ0v) is 18.8. The molecule has 5 nitrogen and oxygen atoms in total. The fraction of sp³-hybridized carbons (Fsp3) is 0.941. The van der Waals surface area contributed by atoms with Crippen molar-refractivity contribution in [1.29, 1.82) is 0 Å². The van der Waals surface area contributed by atoms with E-state index >= 15 is 0 Å². The summed E-state index contributed by atoms with van der Waals surface area (Å²) in [5.74, 6) is 0. The van der Waals surface area contributed by atoms with Crippen LogP contribution in [0.5, 0.6) is 0 Å². The van der Waals surface area contributed by atoms with Crippen LogP contribution in [0.15, 0.2) is 0 Å². The lowest BCUT2D eigenvalue weighted by molar-refractivity contribution is -0.108. The van der Waals surface area contributed by atoms with Gasteiger partial charge >= 0.3 is 7.60 Å². The topological polar surface area (TPSA) is 61.8 Å². The molecule has 144 valence electrons. The quantitative estimate of drug-likeness (QED) is 0.273. The van der Waals surface area contributed by atoms with Gasteiger partial charge in [0.2, 0.25) is 0 Å². The Hall–Kier alpha value is -0.00312. The molecule has 0 bridgehead atoms. The van der Waals surface area contributed by atoms with Gasteiger partial charge in [0.1, 0.15) is 6.29 Å². The lowest BCUT2D eigenvalue weighted by atomic mass is 10.2. The van der Waals surface area contributed by atoms with Crippen molar-refractivity contribution in [3.8, 4) is 0 Å². The van der Waals surface area contributed by atoms with Gasteiger partial charge in [-0.2, -0.15) is 0 Å². The molecule has 0 aliphatic heterocycles. The summed E-state index contributed by atoms with van der Waals surface area (Å²) < 4.78 is 30.7. The van der Waals surface area contributed by atoms with E-state index in [9.17, 15) is 9.36 Å². The van der Waals surface area contributed by atoms with Crippen LogP contribution in [0.3, 0.4) is 0 Å². The minimum Gasteiger partial charge on any atom is -0.417 e. The van der Waals surface area contributed by atoms with Crippen molar-refractivity contribution in [3.05, 3.63) is 0 Å². The minimum atomic E-state index is -3.38. The highest BCUT2D eigenvalue weighted by molar-refractivity contribution is 7.54. The van der Waals surface area contributed by atoms with Crippen LogP contribution >= 0.6 is 7.60 Å². The maximum absolute atomic E-state index is 13.2. The third-order valence-corrected chi connectivity index (χ3v) is 11.6. The molecule has 0 amide bonds. The maximum Gasteiger partial charge on any atom is 0.334 e. The average Bonchev–Trinajstić information content (AvgIpc) is 2.33. The SMILES string of the molecule is CC(C)OP(=O)(OC(C)C)[C@@H](CC=O)CCO[Si](C)(C)C(C)(C)C. The molecule has 0 saturated carbocycles. The Morgan fingerprint density at radius 3 is 1.83 bits per heavy atom. The number of rotatable bonds is 11. The van der Waals surface area contributed by atoms with Crippen LogP contribution < -0.4 is 0 Å². The highest BCUT2D eigenvalue weighted by atomic mass is 31.2. The Kier molecular flexibility index (Phi) is 9.63. The monoisotopic (exact) mass is 380 g/mol. The van der Waals surface area contributed by atoms with Crippen LogP contribution in [0, 0.1) is 0 Å². The molecule has 0 aromatic heterocycles. The molecule has 0 heterocycles. The van der Waals surface area contributed by atoms with Gasteiger partial charge in [-0.1, -0.05) is 20.8 Å². The Bertz CT molecular complexity index is 415. The second kappa shape index (κ2) is 9.63. The first-order valence-electron chi connectivity index (χ1n) is 8.79. The molecule has 0 N–H and O–H groups in total. The summed E-state index contributed by atoms with van der Waals surface area (Å²) in [7, 11) is -5.25. The molecule has 24 heavy (non-hydrogen) atoms. The van der Waals surface area contributed by atoms with Gasteiger partial charge in [-0.25, -0.2) is 0 Å². The van der Waals surface area contributed by atoms with E-state index in [0.717, 1.165) is 6.29 Å². The first-order chi connectivity index (χ1) is 10.7. The van der Waals surface area contributed by atoms with Crippen LogP contribution in [0.2, 0.25) is 18.1 Å². The van der Waals surface area contributed by atoms with Crippen molar-refractivity contribution < 1.29 is 22.8 Å². The highest BCUT2D eigenvalue weighted by Crippen LogP contribution is 2.57. The highest BCUT2D eigenvalue weighted by Gasteiger charge is 2.40. The molecule has 0 aliphatic carbocycles. The van der Waals surface area contributed by atoms with E-state index in [1.807, 2.05) is 27.7 Å². The Balaban J connectivity index is 5.10. The minimum absolute atomic E-state index is 0.111. The lowest BCUT2D eigenvalue weighted by Gasteiger charge is -2.37. The van der Waals surface area contributed by atoms with Crippen molar-refractivity contribution >= 4 is 22.2 Å². The van der Waals surface area contributed by atoms with Crippen molar-refractivity contribution in [2.75, 3.05) is 6.61 Å². The molecule has 7 heteroatoms. The second-order valence-corrected chi connectivity index (χ2v) is 15.3. The molecule has 0 aliphatic rings. The average molecular weight is 381 g/mol. The van der Waals surface area contributed by atoms with Gasteiger partial charge in [0, 0.05) is 13.0 Å². The third-order valence-electron chi connectivity index (χ3n) is 4.25. The van der Waals surface area contributed by atoms with Gasteiger partial charge in [0.25, 0.3) is 0 Å². The van der Waals surface area contributed by atoms with Crippen LogP contribution in [0.4, 0.5) is 0 Å². The summed E-state index contributed by atoms with van der Waals surface area (Å²) in [5, 5.41) is 0.111. The van der Waals surface area contributed by atoms with Crippen LogP contribution in [0.25, 0.3) is 0 Å². The van der Waals surface area contributed by atoms with Gasteiger partial charge in [-0.05, 0) is 52.2 Å². The molecule has 0 fully saturated rings. The fourth-order valence-corrected chi connectivity index (χ4v) is 5.36. The van der Waals surface area contributed by atoms with Gasteiger partial charge in [0.05, 0.1) is 17.9 Å². The summed E-state index contributed by atoms with van der Waals surface area (Å²) in [6.07, 6.45) is 0.964. The smallest absolute Gasteiger partial charge is 0.334 e. The Morgan fingerprint density at radius 1 is 1.04 bits per heavy atom. The molecule has 0 spiro atoms. The Morgan fingerprint density at radius 2 is 1.50 bits per heavy atom. The number of hydrogen-bond acceptors (Lipinski definition) is 5. The van der Waals surface area contributed by atoms with E-state index in [4.69, 9.17) is 13.5 Å². The fourth-order valence-electron chi connectivity index (χ4n) is 1.97. The van der Waals surface area contributed by atoms with E-state index in [2.05, 4.69) is 33.9 Å². The van der Waals surface area contributed by atoms with E-state index in [-0.39, 0.29) is 23.7 Å². The van der Waals surface area contributed by atoms with Gasteiger partial charge < -0.3 is 18.3 Å². The molecule has 1 atom stereocenters. The predicted octanol–water partition coefficient (Wildman–Crippen LogP) is 5.40. The van der Waals surface area contributed by atoms with Gasteiger partial charge in [0.15, 0.2) is 8.32 Å². The number of aldehydes is 1. The standard InChI is InChI=1S/C17H37O5PSi/c1-14(2)21-23(19,22-15(3)4)16(10-12-18)11-13-20-24(8,9)17(5,6)7/h12,14-16H,10-11,13H2,1-9H3/t16-/m0/s1. The van der Waals surface area contributed by atoms with Crippen LogP contribution in [-0.2, 0) is 22.8 Å². The summed E-state index contributed by atoms with van der Waals surface area (Å²) in [5.41, 5.74) is -0.468. The largest absolute Gasteiger partial charge is 0.417 e. The predicted molar refractivity (Wildman–Crippen MR) is 102 cm³/mol. The van der Waals surface area contributed by atoms with Crippen molar-refractivity contribution in [2.45, 2.75) is 97.3 Å². The normalized spacial score (nSPS) is 15.1. The summed E-state index contributed by atoms with van der Waals surface area (Å²) in [6.45, 7) is 18.6. The zero-order chi connectivity index (χ0) is 19.2. The molecule has 0 unspecified atom stereocenters. The molecule has 0 saturated heterocycles. The zero-order valence-electron chi connectivity index (χ0n) is 16.9. The van der Waals surface area contributed by atoms with Crippen LogP contribution in [-0.4, -0.2) is 39.1 Å². The van der Waals surface area contributed by atoms with E-state index < -0.39 is 21.6 Å². The van der Waals surface area contributed by atoms with Crippen molar-refractivity contribution in [3.63, 3.8) is 0 Å². The van der Waals surface area contributed by atoms with Gasteiger partial charge in [-0.15, -0.1) is 0 Å². The third kappa shape index (κ3) is 7.92. The summed E-state index contributed by atoms with van der Waals surface area (Å²) in [4.78, 5) is 11.1. The molecule has 0 rings (SSSR count). The van der Waals surface area contributed by atoms with Gasteiger partial charge in [-0.3, -0.25) is 4.57 Å². The Labute approximate surface area is 149 Å². The van der Waals surface area contributed by atoms with E-state index in [1.165, 1.54) is 0 Å².